The van der Waals surface area contributed by atoms with Crippen LogP contribution in [0.15, 0.2) is 24.3 Å². The van der Waals surface area contributed by atoms with Gasteiger partial charge in [-0.3, -0.25) is 0 Å². The van der Waals surface area contributed by atoms with E-state index in [-0.39, 0.29) is 5.82 Å². The molecule has 2 N–H and O–H groups in total. The van der Waals surface area contributed by atoms with Crippen molar-refractivity contribution in [1.29, 1.82) is 0 Å². The summed E-state index contributed by atoms with van der Waals surface area (Å²) in [5.74, 6) is -0.364. The number of nitrogens with zero attached hydrogens (tertiary/aromatic N) is 1. The molecule has 2 rings (SSSR count). The first-order valence-electron chi connectivity index (χ1n) is 7.34. The van der Waals surface area contributed by atoms with Crippen molar-refractivity contribution in [2.45, 2.75) is 43.8 Å². The molecule has 0 radical (unpaired) electrons. The Kier molecular flexibility index (Phi) is 5.13. The molecule has 0 saturated heterocycles. The molecule has 1 aromatic carbocycles. The second-order valence-electron chi connectivity index (χ2n) is 6.00. The zero-order valence-electron chi connectivity index (χ0n) is 12.1. The molecule has 1 saturated carbocycles. The van der Waals surface area contributed by atoms with Crippen LogP contribution in [0.5, 0.6) is 0 Å². The topological polar surface area (TPSA) is 43.7 Å². The van der Waals surface area contributed by atoms with Crippen molar-refractivity contribution < 1.29 is 14.6 Å². The first-order chi connectivity index (χ1) is 9.50. The number of benzene rings is 1. The van der Waals surface area contributed by atoms with Crippen LogP contribution in [-0.2, 0) is 0 Å². The molecule has 4 heteroatoms. The predicted molar refractivity (Wildman–Crippen MR) is 76.9 cm³/mol. The summed E-state index contributed by atoms with van der Waals surface area (Å²) in [4.78, 5) is 2.02. The number of aliphatic hydroxyl groups excluding tert-OH is 1. The van der Waals surface area contributed by atoms with Gasteiger partial charge in [0.2, 0.25) is 0 Å². The first-order valence-corrected chi connectivity index (χ1v) is 7.34. The molecule has 1 atom stereocenters. The molecule has 0 bridgehead atoms. The van der Waals surface area contributed by atoms with Crippen molar-refractivity contribution in [2.75, 3.05) is 20.1 Å². The van der Waals surface area contributed by atoms with Gasteiger partial charge in [-0.1, -0.05) is 31.0 Å². The van der Waals surface area contributed by atoms with Crippen LogP contribution >= 0.6 is 0 Å². The number of aliphatic hydroxyl groups is 2. The van der Waals surface area contributed by atoms with Gasteiger partial charge in [0, 0.05) is 18.7 Å². The van der Waals surface area contributed by atoms with Gasteiger partial charge in [-0.25, -0.2) is 4.39 Å². The van der Waals surface area contributed by atoms with Crippen LogP contribution in [0.4, 0.5) is 4.39 Å². The van der Waals surface area contributed by atoms with Crippen LogP contribution in [0, 0.1) is 5.82 Å². The number of rotatable bonds is 6. The third-order valence-electron chi connectivity index (χ3n) is 4.15. The van der Waals surface area contributed by atoms with Gasteiger partial charge in [-0.15, -0.1) is 0 Å². The van der Waals surface area contributed by atoms with E-state index in [2.05, 4.69) is 0 Å². The second kappa shape index (κ2) is 6.66. The molecule has 1 aromatic rings. The lowest BCUT2D eigenvalue weighted by atomic mass is 10.0. The van der Waals surface area contributed by atoms with Crippen LogP contribution in [0.1, 0.15) is 43.8 Å². The molecule has 0 amide bonds. The zero-order valence-corrected chi connectivity index (χ0v) is 12.1. The number of likely N-dealkylation sites (N-methyl/N-ethyl adjacent to an activating group) is 1. The van der Waals surface area contributed by atoms with Crippen LogP contribution in [0.2, 0.25) is 0 Å². The molecule has 0 aliphatic heterocycles. The molecule has 0 spiro atoms. The lowest BCUT2D eigenvalue weighted by molar-refractivity contribution is 0.0128. The zero-order chi connectivity index (χ0) is 14.6. The molecular formula is C16H24FNO2. The van der Waals surface area contributed by atoms with Gasteiger partial charge in [-0.2, -0.15) is 0 Å². The van der Waals surface area contributed by atoms with Crippen LogP contribution in [0.25, 0.3) is 0 Å². The quantitative estimate of drug-likeness (QED) is 0.842. The second-order valence-corrected chi connectivity index (χ2v) is 6.00. The molecule has 20 heavy (non-hydrogen) atoms. The van der Waals surface area contributed by atoms with Crippen molar-refractivity contribution in [3.8, 4) is 0 Å². The van der Waals surface area contributed by atoms with Gasteiger partial charge in [0.15, 0.2) is 0 Å². The minimum absolute atomic E-state index is 0.348. The number of halogens is 1. The average Bonchev–Trinajstić information content (AvgIpc) is 2.83. The Morgan fingerprint density at radius 2 is 1.95 bits per heavy atom. The fourth-order valence-electron chi connectivity index (χ4n) is 3.02. The van der Waals surface area contributed by atoms with Crippen LogP contribution in [-0.4, -0.2) is 40.9 Å². The highest BCUT2D eigenvalue weighted by atomic mass is 19.1. The SMILES string of the molecule is CN(CCC(O)c1ccccc1F)CC1(O)CCCC1. The minimum Gasteiger partial charge on any atom is -0.389 e. The summed E-state index contributed by atoms with van der Waals surface area (Å²) in [6.07, 6.45) is 3.55. The minimum atomic E-state index is -0.795. The monoisotopic (exact) mass is 281 g/mol. The summed E-state index contributed by atoms with van der Waals surface area (Å²) in [5.41, 5.74) is -0.224. The van der Waals surface area contributed by atoms with Gasteiger partial charge in [0.25, 0.3) is 0 Å². The summed E-state index contributed by atoms with van der Waals surface area (Å²) in [6.45, 7) is 1.26. The van der Waals surface area contributed by atoms with E-state index in [1.54, 1.807) is 18.2 Å². The van der Waals surface area contributed by atoms with Gasteiger partial charge >= 0.3 is 0 Å². The molecule has 1 aliphatic carbocycles. The van der Waals surface area contributed by atoms with E-state index in [0.29, 0.717) is 25.1 Å². The van der Waals surface area contributed by atoms with E-state index in [1.807, 2.05) is 11.9 Å². The molecule has 112 valence electrons. The average molecular weight is 281 g/mol. The first kappa shape index (κ1) is 15.4. The maximum atomic E-state index is 13.5. The molecule has 1 fully saturated rings. The molecule has 0 heterocycles. The standard InChI is InChI=1S/C16H24FNO2/c1-18(12-16(20)9-4-5-10-16)11-8-15(19)13-6-2-3-7-14(13)17/h2-3,6-7,15,19-20H,4-5,8-12H2,1H3. The molecule has 0 aromatic heterocycles. The lowest BCUT2D eigenvalue weighted by Crippen LogP contribution is -2.39. The summed E-state index contributed by atoms with van der Waals surface area (Å²) in [5, 5.41) is 20.4. The number of hydrogen-bond acceptors (Lipinski definition) is 3. The molecule has 3 nitrogen and oxygen atoms in total. The van der Waals surface area contributed by atoms with E-state index in [0.717, 1.165) is 25.7 Å². The summed E-state index contributed by atoms with van der Waals surface area (Å²) in [7, 11) is 1.93. The Balaban J connectivity index is 1.81. The van der Waals surface area contributed by atoms with Crippen LogP contribution < -0.4 is 0 Å². The van der Waals surface area contributed by atoms with E-state index in [1.165, 1.54) is 6.07 Å². The van der Waals surface area contributed by atoms with E-state index >= 15 is 0 Å². The van der Waals surface area contributed by atoms with Crippen molar-refractivity contribution in [2.24, 2.45) is 0 Å². The van der Waals surface area contributed by atoms with Gasteiger partial charge in [-0.05, 0) is 32.4 Å². The normalized spacial score (nSPS) is 19.4. The Bertz CT molecular complexity index is 432. The molecule has 1 aliphatic rings. The van der Waals surface area contributed by atoms with Crippen molar-refractivity contribution in [3.63, 3.8) is 0 Å². The maximum absolute atomic E-state index is 13.5. The van der Waals surface area contributed by atoms with Crippen molar-refractivity contribution in [1.82, 2.24) is 4.90 Å². The Labute approximate surface area is 120 Å². The van der Waals surface area contributed by atoms with Gasteiger partial charge in [0.1, 0.15) is 5.82 Å². The molecule has 1 unspecified atom stereocenters. The fraction of sp³-hybridized carbons (Fsp3) is 0.625. The van der Waals surface area contributed by atoms with Gasteiger partial charge < -0.3 is 15.1 Å². The fourth-order valence-corrected chi connectivity index (χ4v) is 3.02. The van der Waals surface area contributed by atoms with Crippen molar-refractivity contribution >= 4 is 0 Å². The largest absolute Gasteiger partial charge is 0.389 e. The third-order valence-corrected chi connectivity index (χ3v) is 4.15. The predicted octanol–water partition coefficient (Wildman–Crippen LogP) is 2.49. The maximum Gasteiger partial charge on any atom is 0.128 e. The Morgan fingerprint density at radius 1 is 1.30 bits per heavy atom. The number of hydrogen-bond donors (Lipinski definition) is 2. The smallest absolute Gasteiger partial charge is 0.128 e. The third kappa shape index (κ3) is 4.01. The van der Waals surface area contributed by atoms with Crippen LogP contribution in [0.3, 0.4) is 0 Å². The Morgan fingerprint density at radius 3 is 2.60 bits per heavy atom. The molecular weight excluding hydrogens is 257 g/mol. The highest BCUT2D eigenvalue weighted by Crippen LogP contribution is 2.30. The summed E-state index contributed by atoms with van der Waals surface area (Å²) in [6, 6.07) is 6.33. The van der Waals surface area contributed by atoms with E-state index in [4.69, 9.17) is 0 Å². The summed E-state index contributed by atoms with van der Waals surface area (Å²) >= 11 is 0. The highest BCUT2D eigenvalue weighted by molar-refractivity contribution is 5.19. The van der Waals surface area contributed by atoms with E-state index in [9.17, 15) is 14.6 Å². The Hall–Kier alpha value is -0.970. The highest BCUT2D eigenvalue weighted by Gasteiger charge is 2.32. The lowest BCUT2D eigenvalue weighted by Gasteiger charge is -2.29. The van der Waals surface area contributed by atoms with Crippen molar-refractivity contribution in [3.05, 3.63) is 35.6 Å². The summed E-state index contributed by atoms with van der Waals surface area (Å²) < 4.78 is 13.5. The van der Waals surface area contributed by atoms with Gasteiger partial charge in [0.05, 0.1) is 11.7 Å². The van der Waals surface area contributed by atoms with E-state index < -0.39 is 11.7 Å².